The fourth-order valence-electron chi connectivity index (χ4n) is 1.42. The lowest BCUT2D eigenvalue weighted by Gasteiger charge is -2.08. The van der Waals surface area contributed by atoms with Crippen molar-refractivity contribution in [3.8, 4) is 11.5 Å². The van der Waals surface area contributed by atoms with Crippen LogP contribution in [-0.2, 0) is 4.74 Å². The number of unbranched alkanes of at least 4 members (excludes halogenated alkanes) is 1. The average molecular weight is 239 g/mol. The van der Waals surface area contributed by atoms with E-state index in [-0.39, 0.29) is 17.1 Å². The molecule has 0 saturated heterocycles. The average Bonchev–Trinajstić information content (AvgIpc) is 2.28. The number of aromatic hydroxyl groups is 2. The largest absolute Gasteiger partial charge is 0.507 e. The Kier molecular flexibility index (Phi) is 5.29. The van der Waals surface area contributed by atoms with Gasteiger partial charge in [-0.15, -0.1) is 0 Å². The molecule has 1 amide bonds. The van der Waals surface area contributed by atoms with Crippen LogP contribution in [0.2, 0.25) is 0 Å². The standard InChI is InChI=1S/C12H17NO4/c1-17-8-3-2-7-13-12(16)11-9(14)5-4-6-10(11)15/h4-6,14-15H,2-3,7-8H2,1H3,(H,13,16). The maximum absolute atomic E-state index is 11.7. The van der Waals surface area contributed by atoms with Gasteiger partial charge in [0.25, 0.3) is 5.91 Å². The Hall–Kier alpha value is -1.75. The van der Waals surface area contributed by atoms with Crippen LogP contribution in [0.25, 0.3) is 0 Å². The lowest BCUT2D eigenvalue weighted by Crippen LogP contribution is -2.24. The third-order valence-corrected chi connectivity index (χ3v) is 2.31. The monoisotopic (exact) mass is 239 g/mol. The van der Waals surface area contributed by atoms with E-state index in [1.165, 1.54) is 18.2 Å². The summed E-state index contributed by atoms with van der Waals surface area (Å²) in [6, 6.07) is 4.19. The number of hydrogen-bond acceptors (Lipinski definition) is 4. The number of carbonyl (C=O) groups is 1. The van der Waals surface area contributed by atoms with E-state index in [2.05, 4.69) is 5.32 Å². The smallest absolute Gasteiger partial charge is 0.258 e. The number of benzene rings is 1. The highest BCUT2D eigenvalue weighted by Crippen LogP contribution is 2.25. The van der Waals surface area contributed by atoms with Crippen LogP contribution in [0.5, 0.6) is 11.5 Å². The summed E-state index contributed by atoms with van der Waals surface area (Å²) in [7, 11) is 1.62. The van der Waals surface area contributed by atoms with Gasteiger partial charge in [0.1, 0.15) is 17.1 Å². The zero-order valence-corrected chi connectivity index (χ0v) is 9.77. The molecule has 0 unspecified atom stereocenters. The van der Waals surface area contributed by atoms with Crippen LogP contribution in [0.4, 0.5) is 0 Å². The minimum atomic E-state index is -0.474. The van der Waals surface area contributed by atoms with Gasteiger partial charge in [0, 0.05) is 20.3 Å². The van der Waals surface area contributed by atoms with E-state index in [1.807, 2.05) is 0 Å². The molecule has 1 aromatic rings. The molecule has 0 atom stereocenters. The van der Waals surface area contributed by atoms with Crippen LogP contribution >= 0.6 is 0 Å². The molecule has 0 radical (unpaired) electrons. The Labute approximate surface area is 100 Å². The van der Waals surface area contributed by atoms with Gasteiger partial charge in [-0.1, -0.05) is 6.07 Å². The quantitative estimate of drug-likeness (QED) is 0.653. The van der Waals surface area contributed by atoms with Gasteiger partial charge in [-0.3, -0.25) is 4.79 Å². The van der Waals surface area contributed by atoms with Gasteiger partial charge in [-0.05, 0) is 25.0 Å². The lowest BCUT2D eigenvalue weighted by molar-refractivity contribution is 0.0946. The van der Waals surface area contributed by atoms with Crippen molar-refractivity contribution in [3.05, 3.63) is 23.8 Å². The predicted octanol–water partition coefficient (Wildman–Crippen LogP) is 1.25. The summed E-state index contributed by atoms with van der Waals surface area (Å²) in [5.74, 6) is -0.920. The van der Waals surface area contributed by atoms with Gasteiger partial charge < -0.3 is 20.3 Å². The first kappa shape index (κ1) is 13.3. The highest BCUT2D eigenvalue weighted by molar-refractivity contribution is 5.99. The summed E-state index contributed by atoms with van der Waals surface area (Å²) in [4.78, 5) is 11.7. The second kappa shape index (κ2) is 6.75. The molecule has 0 fully saturated rings. The van der Waals surface area contributed by atoms with Crippen molar-refractivity contribution in [3.63, 3.8) is 0 Å². The maximum Gasteiger partial charge on any atom is 0.258 e. The molecule has 3 N–H and O–H groups in total. The van der Waals surface area contributed by atoms with Crippen LogP contribution < -0.4 is 5.32 Å². The molecule has 1 rings (SSSR count). The second-order valence-corrected chi connectivity index (χ2v) is 3.63. The van der Waals surface area contributed by atoms with Crippen LogP contribution in [-0.4, -0.2) is 36.4 Å². The first-order valence-corrected chi connectivity index (χ1v) is 5.45. The highest BCUT2D eigenvalue weighted by Gasteiger charge is 2.14. The number of hydrogen-bond donors (Lipinski definition) is 3. The molecule has 0 bridgehead atoms. The summed E-state index contributed by atoms with van der Waals surface area (Å²) in [6.07, 6.45) is 1.64. The number of phenols is 2. The van der Waals surface area contributed by atoms with Crippen molar-refractivity contribution in [1.82, 2.24) is 5.32 Å². The highest BCUT2D eigenvalue weighted by atomic mass is 16.5. The molecule has 0 aromatic heterocycles. The van der Waals surface area contributed by atoms with Crippen molar-refractivity contribution in [1.29, 1.82) is 0 Å². The summed E-state index contributed by atoms with van der Waals surface area (Å²) >= 11 is 0. The van der Waals surface area contributed by atoms with Crippen molar-refractivity contribution in [2.24, 2.45) is 0 Å². The number of phenolic OH excluding ortho intramolecular Hbond substituents is 2. The Morgan fingerprint density at radius 1 is 1.29 bits per heavy atom. The molecule has 0 saturated carbocycles. The van der Waals surface area contributed by atoms with E-state index in [0.717, 1.165) is 12.8 Å². The second-order valence-electron chi connectivity index (χ2n) is 3.63. The van der Waals surface area contributed by atoms with Crippen LogP contribution in [0.15, 0.2) is 18.2 Å². The normalized spacial score (nSPS) is 10.2. The number of ether oxygens (including phenoxy) is 1. The summed E-state index contributed by atoms with van der Waals surface area (Å²) in [5.41, 5.74) is -0.0840. The van der Waals surface area contributed by atoms with Crippen LogP contribution in [0, 0.1) is 0 Å². The zero-order valence-electron chi connectivity index (χ0n) is 9.77. The molecular formula is C12H17NO4. The number of nitrogens with one attached hydrogen (secondary N) is 1. The summed E-state index contributed by atoms with van der Waals surface area (Å²) in [5, 5.41) is 21.5. The third-order valence-electron chi connectivity index (χ3n) is 2.31. The third kappa shape index (κ3) is 3.96. The first-order chi connectivity index (χ1) is 8.16. The molecule has 17 heavy (non-hydrogen) atoms. The zero-order chi connectivity index (χ0) is 12.7. The van der Waals surface area contributed by atoms with Crippen molar-refractivity contribution in [2.45, 2.75) is 12.8 Å². The molecule has 0 aliphatic heterocycles. The fraction of sp³-hybridized carbons (Fsp3) is 0.417. The van der Waals surface area contributed by atoms with Gasteiger partial charge in [-0.25, -0.2) is 0 Å². The predicted molar refractivity (Wildman–Crippen MR) is 63.2 cm³/mol. The molecular weight excluding hydrogens is 222 g/mol. The maximum atomic E-state index is 11.7. The van der Waals surface area contributed by atoms with Crippen molar-refractivity contribution in [2.75, 3.05) is 20.3 Å². The van der Waals surface area contributed by atoms with Crippen LogP contribution in [0.3, 0.4) is 0 Å². The molecule has 5 heteroatoms. The van der Waals surface area contributed by atoms with E-state index in [9.17, 15) is 15.0 Å². The molecule has 94 valence electrons. The fourth-order valence-corrected chi connectivity index (χ4v) is 1.42. The number of methoxy groups -OCH3 is 1. The van der Waals surface area contributed by atoms with Gasteiger partial charge in [0.15, 0.2) is 0 Å². The van der Waals surface area contributed by atoms with Gasteiger partial charge >= 0.3 is 0 Å². The minimum Gasteiger partial charge on any atom is -0.507 e. The Bertz CT molecular complexity index is 359. The van der Waals surface area contributed by atoms with E-state index in [0.29, 0.717) is 13.2 Å². The van der Waals surface area contributed by atoms with Gasteiger partial charge in [0.2, 0.25) is 0 Å². The van der Waals surface area contributed by atoms with Gasteiger partial charge in [-0.2, -0.15) is 0 Å². The van der Waals surface area contributed by atoms with Crippen molar-refractivity contribution >= 4 is 5.91 Å². The number of amides is 1. The van der Waals surface area contributed by atoms with E-state index in [1.54, 1.807) is 7.11 Å². The Morgan fingerprint density at radius 3 is 2.53 bits per heavy atom. The summed E-state index contributed by atoms with van der Waals surface area (Å²) < 4.78 is 4.88. The van der Waals surface area contributed by atoms with E-state index >= 15 is 0 Å². The molecule has 0 heterocycles. The first-order valence-electron chi connectivity index (χ1n) is 5.45. The molecule has 5 nitrogen and oxygen atoms in total. The summed E-state index contributed by atoms with van der Waals surface area (Å²) in [6.45, 7) is 1.13. The Morgan fingerprint density at radius 2 is 1.94 bits per heavy atom. The molecule has 0 spiro atoms. The van der Waals surface area contributed by atoms with Crippen molar-refractivity contribution < 1.29 is 19.7 Å². The van der Waals surface area contributed by atoms with Crippen LogP contribution in [0.1, 0.15) is 23.2 Å². The SMILES string of the molecule is COCCCCNC(=O)c1c(O)cccc1O. The minimum absolute atomic E-state index is 0.0840. The number of rotatable bonds is 6. The van der Waals surface area contributed by atoms with Gasteiger partial charge in [0.05, 0.1) is 0 Å². The van der Waals surface area contributed by atoms with E-state index in [4.69, 9.17) is 4.74 Å². The number of carbonyl (C=O) groups excluding carboxylic acids is 1. The molecule has 0 aliphatic carbocycles. The molecule has 0 aliphatic rings. The van der Waals surface area contributed by atoms with E-state index < -0.39 is 5.91 Å². The lowest BCUT2D eigenvalue weighted by atomic mass is 10.1. The Balaban J connectivity index is 2.47. The molecule has 1 aromatic carbocycles. The topological polar surface area (TPSA) is 78.8 Å².